The Kier molecular flexibility index (Phi) is 6.35. The molecule has 0 aromatic heterocycles. The van der Waals surface area contributed by atoms with Gasteiger partial charge < -0.3 is 14.4 Å². The zero-order valence-corrected chi connectivity index (χ0v) is 20.3. The molecule has 2 saturated heterocycles. The van der Waals surface area contributed by atoms with Crippen LogP contribution < -0.4 is 19.3 Å². The number of ether oxygens (including phenoxy) is 2. The highest BCUT2D eigenvalue weighted by Crippen LogP contribution is 2.39. The molecule has 1 aliphatic carbocycles. The number of nitrogens with zero attached hydrogens (tertiary/aromatic N) is 2. The summed E-state index contributed by atoms with van der Waals surface area (Å²) >= 11 is 0. The van der Waals surface area contributed by atoms with Gasteiger partial charge in [0.15, 0.2) is 0 Å². The van der Waals surface area contributed by atoms with Crippen LogP contribution >= 0.6 is 0 Å². The average Bonchev–Trinajstić information content (AvgIpc) is 3.38. The van der Waals surface area contributed by atoms with Crippen LogP contribution in [0.1, 0.15) is 31.7 Å². The van der Waals surface area contributed by atoms with Gasteiger partial charge in [-0.1, -0.05) is 12.2 Å². The van der Waals surface area contributed by atoms with E-state index in [-0.39, 0.29) is 42.5 Å². The van der Waals surface area contributed by atoms with Crippen LogP contribution in [0.5, 0.6) is 11.5 Å². The van der Waals surface area contributed by atoms with E-state index < -0.39 is 11.9 Å². The maximum absolute atomic E-state index is 12.9. The van der Waals surface area contributed by atoms with Gasteiger partial charge in [-0.15, -0.1) is 0 Å². The summed E-state index contributed by atoms with van der Waals surface area (Å²) < 4.78 is 11.0. The van der Waals surface area contributed by atoms with Gasteiger partial charge in [0.25, 0.3) is 0 Å². The van der Waals surface area contributed by atoms with Crippen molar-refractivity contribution < 1.29 is 28.7 Å². The van der Waals surface area contributed by atoms with Gasteiger partial charge in [-0.2, -0.15) is 0 Å². The van der Waals surface area contributed by atoms with Gasteiger partial charge in [-0.25, -0.2) is 4.90 Å². The lowest BCUT2D eigenvalue weighted by atomic mass is 9.85. The number of carbonyl (C=O) groups excluding carboxylic acids is 4. The Hall–Kier alpha value is -3.94. The molecule has 0 spiro atoms. The number of aryl methyl sites for hydroxylation is 1. The molecular formula is C28H28N2O6. The van der Waals surface area contributed by atoms with Gasteiger partial charge in [0.2, 0.25) is 17.7 Å². The first kappa shape index (κ1) is 23.8. The standard InChI is InChI=1S/C28H28N2O6/c1-3-35-20-10-8-19(9-11-20)29-16-18(15-25(29)31)28(34)36-21-12-13-24(17(2)14-21)30-26(32)22-6-4-5-7-23(22)27(30)33/h4-5,8-14,18,22-23H,3,6-7,15-16H2,1-2H3/t18-,22-,23+/m1/s1. The summed E-state index contributed by atoms with van der Waals surface area (Å²) in [5, 5.41) is 0. The Morgan fingerprint density at radius 3 is 2.19 bits per heavy atom. The Bertz CT molecular complexity index is 1230. The lowest BCUT2D eigenvalue weighted by Gasteiger charge is -2.19. The molecule has 186 valence electrons. The second-order valence-corrected chi connectivity index (χ2v) is 9.37. The van der Waals surface area contributed by atoms with Crippen LogP contribution in [0.4, 0.5) is 11.4 Å². The molecule has 0 N–H and O–H groups in total. The number of hydrogen-bond acceptors (Lipinski definition) is 6. The third-order valence-electron chi connectivity index (χ3n) is 7.05. The number of hydrogen-bond donors (Lipinski definition) is 0. The van der Waals surface area contributed by atoms with Crippen LogP contribution in [-0.2, 0) is 19.2 Å². The summed E-state index contributed by atoms with van der Waals surface area (Å²) in [6.07, 6.45) is 5.13. The molecule has 3 aliphatic rings. The molecule has 2 aromatic rings. The van der Waals surface area contributed by atoms with Crippen molar-refractivity contribution in [2.45, 2.75) is 33.1 Å². The van der Waals surface area contributed by atoms with E-state index in [9.17, 15) is 19.2 Å². The minimum Gasteiger partial charge on any atom is -0.494 e. The monoisotopic (exact) mass is 488 g/mol. The smallest absolute Gasteiger partial charge is 0.316 e. The fraction of sp³-hybridized carbons (Fsp3) is 0.357. The molecular weight excluding hydrogens is 460 g/mol. The van der Waals surface area contributed by atoms with Crippen molar-refractivity contribution >= 4 is 35.1 Å². The van der Waals surface area contributed by atoms with E-state index in [4.69, 9.17) is 9.47 Å². The normalized spacial score (nSPS) is 23.3. The van der Waals surface area contributed by atoms with E-state index in [1.165, 1.54) is 4.90 Å². The van der Waals surface area contributed by atoms with Crippen LogP contribution in [0, 0.1) is 24.7 Å². The van der Waals surface area contributed by atoms with E-state index in [0.29, 0.717) is 42.1 Å². The first-order valence-electron chi connectivity index (χ1n) is 12.3. The molecule has 8 heteroatoms. The number of amides is 3. The quantitative estimate of drug-likeness (QED) is 0.266. The van der Waals surface area contributed by atoms with Crippen molar-refractivity contribution in [3.63, 3.8) is 0 Å². The number of rotatable bonds is 6. The number of esters is 1. The number of imide groups is 1. The zero-order chi connectivity index (χ0) is 25.4. The second kappa shape index (κ2) is 9.60. The number of benzene rings is 2. The van der Waals surface area contributed by atoms with E-state index in [0.717, 1.165) is 5.75 Å². The van der Waals surface area contributed by atoms with Crippen molar-refractivity contribution in [1.29, 1.82) is 0 Å². The first-order chi connectivity index (χ1) is 17.4. The van der Waals surface area contributed by atoms with Crippen LogP contribution in [0.3, 0.4) is 0 Å². The highest BCUT2D eigenvalue weighted by Gasteiger charge is 2.48. The third-order valence-corrected chi connectivity index (χ3v) is 7.05. The summed E-state index contributed by atoms with van der Waals surface area (Å²) in [7, 11) is 0. The molecule has 0 bridgehead atoms. The lowest BCUT2D eigenvalue weighted by molar-refractivity contribution is -0.139. The molecule has 0 radical (unpaired) electrons. The number of allylic oxidation sites excluding steroid dienone is 2. The molecule has 5 rings (SSSR count). The summed E-state index contributed by atoms with van der Waals surface area (Å²) in [4.78, 5) is 54.1. The van der Waals surface area contributed by atoms with Gasteiger partial charge in [0, 0.05) is 18.7 Å². The van der Waals surface area contributed by atoms with Gasteiger partial charge in [-0.3, -0.25) is 19.2 Å². The largest absolute Gasteiger partial charge is 0.494 e. The SMILES string of the molecule is CCOc1ccc(N2C[C@H](C(=O)Oc3ccc(N4C(=O)[C@H]5CC=CC[C@H]5C4=O)c(C)c3)CC2=O)cc1. The minimum atomic E-state index is -0.596. The summed E-state index contributed by atoms with van der Waals surface area (Å²) in [6, 6.07) is 12.1. The molecule has 3 amide bonds. The Labute approximate surface area is 209 Å². The highest BCUT2D eigenvalue weighted by molar-refractivity contribution is 6.22. The van der Waals surface area contributed by atoms with E-state index in [1.54, 1.807) is 54.3 Å². The predicted molar refractivity (Wildman–Crippen MR) is 133 cm³/mol. The topological polar surface area (TPSA) is 93.2 Å². The molecule has 2 heterocycles. The van der Waals surface area contributed by atoms with E-state index in [1.807, 2.05) is 19.1 Å². The van der Waals surface area contributed by atoms with Crippen LogP contribution in [0.2, 0.25) is 0 Å². The summed E-state index contributed by atoms with van der Waals surface area (Å²) in [5.74, 6) is -1.18. The Morgan fingerprint density at radius 2 is 1.58 bits per heavy atom. The van der Waals surface area contributed by atoms with Crippen LogP contribution in [0.25, 0.3) is 0 Å². The molecule has 0 saturated carbocycles. The van der Waals surface area contributed by atoms with Gasteiger partial charge in [0.1, 0.15) is 11.5 Å². The summed E-state index contributed by atoms with van der Waals surface area (Å²) in [6.45, 7) is 4.47. The minimum absolute atomic E-state index is 0.0662. The van der Waals surface area contributed by atoms with Crippen molar-refractivity contribution in [3.05, 3.63) is 60.2 Å². The van der Waals surface area contributed by atoms with Crippen molar-refractivity contribution in [1.82, 2.24) is 0 Å². The molecule has 36 heavy (non-hydrogen) atoms. The molecule has 2 aromatic carbocycles. The van der Waals surface area contributed by atoms with Crippen LogP contribution in [0.15, 0.2) is 54.6 Å². The fourth-order valence-corrected chi connectivity index (χ4v) is 5.18. The highest BCUT2D eigenvalue weighted by atomic mass is 16.5. The average molecular weight is 489 g/mol. The van der Waals surface area contributed by atoms with Gasteiger partial charge in [-0.05, 0) is 74.7 Å². The van der Waals surface area contributed by atoms with Crippen molar-refractivity contribution in [2.75, 3.05) is 23.0 Å². The zero-order valence-electron chi connectivity index (χ0n) is 20.3. The molecule has 8 nitrogen and oxygen atoms in total. The molecule has 2 fully saturated rings. The van der Waals surface area contributed by atoms with E-state index >= 15 is 0 Å². The van der Waals surface area contributed by atoms with E-state index in [2.05, 4.69) is 0 Å². The molecule has 2 aliphatic heterocycles. The van der Waals surface area contributed by atoms with Gasteiger partial charge >= 0.3 is 5.97 Å². The maximum atomic E-state index is 12.9. The Morgan fingerprint density at radius 1 is 0.944 bits per heavy atom. The van der Waals surface area contributed by atoms with Crippen molar-refractivity contribution in [3.8, 4) is 11.5 Å². The first-order valence-corrected chi connectivity index (χ1v) is 12.3. The lowest BCUT2D eigenvalue weighted by Crippen LogP contribution is -2.31. The molecule has 0 unspecified atom stereocenters. The summed E-state index contributed by atoms with van der Waals surface area (Å²) in [5.41, 5.74) is 1.87. The van der Waals surface area contributed by atoms with Crippen LogP contribution in [-0.4, -0.2) is 36.8 Å². The number of carbonyl (C=O) groups is 4. The fourth-order valence-electron chi connectivity index (χ4n) is 5.18. The second-order valence-electron chi connectivity index (χ2n) is 9.37. The maximum Gasteiger partial charge on any atom is 0.316 e. The van der Waals surface area contributed by atoms with Crippen molar-refractivity contribution in [2.24, 2.45) is 17.8 Å². The molecule has 3 atom stereocenters. The Balaban J connectivity index is 1.25. The van der Waals surface area contributed by atoms with Gasteiger partial charge in [0.05, 0.1) is 30.0 Å². The number of fused-ring (bicyclic) bond motifs is 1. The third kappa shape index (κ3) is 4.27. The number of anilines is 2. The predicted octanol–water partition coefficient (Wildman–Crippen LogP) is 3.81.